The van der Waals surface area contributed by atoms with E-state index >= 15 is 0 Å². The fourth-order valence-electron chi connectivity index (χ4n) is 3.28. The van der Waals surface area contributed by atoms with Gasteiger partial charge in [0.25, 0.3) is 5.91 Å². The molecule has 0 aliphatic heterocycles. The predicted molar refractivity (Wildman–Crippen MR) is 120 cm³/mol. The number of nitrogens with zero attached hydrogens (tertiary/aromatic N) is 2. The van der Waals surface area contributed by atoms with Gasteiger partial charge in [-0.2, -0.15) is 0 Å². The monoisotopic (exact) mass is 443 g/mol. The number of halogens is 2. The molecule has 0 unspecified atom stereocenters. The summed E-state index contributed by atoms with van der Waals surface area (Å²) in [5, 5.41) is 6.15. The Hall–Kier alpha value is -2.34. The number of rotatable bonds is 7. The van der Waals surface area contributed by atoms with Crippen LogP contribution in [0.2, 0.25) is 10.0 Å². The topological polar surface area (TPSA) is 46.9 Å². The molecular formula is C22H19Cl2N3OS. The summed E-state index contributed by atoms with van der Waals surface area (Å²) in [5.41, 5.74) is 2.86. The van der Waals surface area contributed by atoms with Crippen LogP contribution in [0.25, 0.3) is 11.0 Å². The van der Waals surface area contributed by atoms with Gasteiger partial charge in [-0.1, -0.05) is 47.5 Å². The number of hydrogen-bond donors (Lipinski definition) is 1. The summed E-state index contributed by atoms with van der Waals surface area (Å²) in [5.74, 6) is 0.920. The van der Waals surface area contributed by atoms with Gasteiger partial charge in [-0.15, -0.1) is 11.3 Å². The minimum Gasteiger partial charge on any atom is -0.351 e. The highest BCUT2D eigenvalue weighted by Crippen LogP contribution is 2.27. The molecule has 0 aliphatic rings. The number of amides is 1. The molecule has 2 aromatic carbocycles. The molecule has 148 valence electrons. The van der Waals surface area contributed by atoms with E-state index in [0.29, 0.717) is 23.1 Å². The first kappa shape index (κ1) is 20.0. The van der Waals surface area contributed by atoms with Crippen LogP contribution in [0.4, 0.5) is 0 Å². The van der Waals surface area contributed by atoms with Crippen LogP contribution in [0.1, 0.15) is 27.5 Å². The third-order valence-electron chi connectivity index (χ3n) is 4.72. The first-order valence-electron chi connectivity index (χ1n) is 9.32. The lowest BCUT2D eigenvalue weighted by Crippen LogP contribution is -2.24. The summed E-state index contributed by atoms with van der Waals surface area (Å²) in [6.07, 6.45) is 1.53. The van der Waals surface area contributed by atoms with Crippen LogP contribution in [0.5, 0.6) is 0 Å². The third kappa shape index (κ3) is 4.47. The van der Waals surface area contributed by atoms with Crippen molar-refractivity contribution in [2.75, 3.05) is 6.54 Å². The summed E-state index contributed by atoms with van der Waals surface area (Å²) < 4.78 is 2.16. The fraction of sp³-hybridized carbons (Fsp3) is 0.182. The number of benzene rings is 2. The van der Waals surface area contributed by atoms with E-state index in [0.717, 1.165) is 40.1 Å². The molecule has 0 atom stereocenters. The average molecular weight is 444 g/mol. The number of hydrogen-bond acceptors (Lipinski definition) is 3. The van der Waals surface area contributed by atoms with Crippen molar-refractivity contribution in [3.8, 4) is 0 Å². The van der Waals surface area contributed by atoms with Crippen LogP contribution in [-0.4, -0.2) is 22.0 Å². The first-order valence-corrected chi connectivity index (χ1v) is 11.0. The zero-order chi connectivity index (χ0) is 20.2. The molecule has 4 aromatic rings. The van der Waals surface area contributed by atoms with Gasteiger partial charge >= 0.3 is 0 Å². The average Bonchev–Trinajstić information content (AvgIpc) is 3.36. The molecule has 0 saturated carbocycles. The largest absolute Gasteiger partial charge is 0.351 e. The van der Waals surface area contributed by atoms with Gasteiger partial charge in [0.05, 0.1) is 22.5 Å². The van der Waals surface area contributed by atoms with Crippen molar-refractivity contribution in [2.24, 2.45) is 0 Å². The summed E-state index contributed by atoms with van der Waals surface area (Å²) in [6.45, 7) is 1.14. The van der Waals surface area contributed by atoms with Crippen molar-refractivity contribution in [3.05, 3.63) is 86.3 Å². The number of carbonyl (C=O) groups is 1. The second-order valence-corrected chi connectivity index (χ2v) is 8.40. The Kier molecular flexibility index (Phi) is 6.19. The predicted octanol–water partition coefficient (Wildman–Crippen LogP) is 5.82. The van der Waals surface area contributed by atoms with E-state index in [1.807, 2.05) is 53.9 Å². The first-order chi connectivity index (χ1) is 14.1. The molecule has 1 amide bonds. The zero-order valence-electron chi connectivity index (χ0n) is 15.6. The minimum absolute atomic E-state index is 0.0312. The molecule has 0 saturated heterocycles. The van der Waals surface area contributed by atoms with E-state index < -0.39 is 0 Å². The summed E-state index contributed by atoms with van der Waals surface area (Å²) in [6, 6.07) is 17.3. The Bertz CT molecular complexity index is 1120. The molecule has 7 heteroatoms. The molecule has 1 N–H and O–H groups in total. The lowest BCUT2D eigenvalue weighted by atomic mass is 10.2. The molecule has 0 aliphatic carbocycles. The quantitative estimate of drug-likeness (QED) is 0.366. The Morgan fingerprint density at radius 3 is 2.59 bits per heavy atom. The van der Waals surface area contributed by atoms with Gasteiger partial charge in [-0.25, -0.2) is 4.98 Å². The Morgan fingerprint density at radius 1 is 1.03 bits per heavy atom. The number of thiophene rings is 1. The van der Waals surface area contributed by atoms with Gasteiger partial charge in [0.15, 0.2) is 0 Å². The second-order valence-electron chi connectivity index (χ2n) is 6.64. The number of fused-ring (bicyclic) bond motifs is 1. The molecule has 4 nitrogen and oxygen atoms in total. The fourth-order valence-corrected chi connectivity index (χ4v) is 4.43. The van der Waals surface area contributed by atoms with E-state index in [1.165, 1.54) is 11.3 Å². The van der Waals surface area contributed by atoms with E-state index in [-0.39, 0.29) is 5.91 Å². The van der Waals surface area contributed by atoms with Crippen molar-refractivity contribution in [1.82, 2.24) is 14.9 Å². The Morgan fingerprint density at radius 2 is 1.83 bits per heavy atom. The maximum absolute atomic E-state index is 12.1. The van der Waals surface area contributed by atoms with Gasteiger partial charge < -0.3 is 9.88 Å². The normalized spacial score (nSPS) is 11.1. The lowest BCUT2D eigenvalue weighted by molar-refractivity contribution is 0.0957. The van der Waals surface area contributed by atoms with Gasteiger partial charge in [0.1, 0.15) is 5.82 Å². The van der Waals surface area contributed by atoms with Crippen LogP contribution < -0.4 is 5.32 Å². The maximum atomic E-state index is 12.1. The molecule has 0 radical (unpaired) electrons. The van der Waals surface area contributed by atoms with Crippen LogP contribution in [0.15, 0.2) is 60.0 Å². The van der Waals surface area contributed by atoms with Crippen molar-refractivity contribution in [1.29, 1.82) is 0 Å². The van der Waals surface area contributed by atoms with Crippen LogP contribution >= 0.6 is 34.5 Å². The number of aromatic nitrogens is 2. The molecule has 2 aromatic heterocycles. The molecule has 0 bridgehead atoms. The Labute approximate surface area is 183 Å². The van der Waals surface area contributed by atoms with E-state index in [4.69, 9.17) is 28.2 Å². The van der Waals surface area contributed by atoms with Crippen molar-refractivity contribution in [2.45, 2.75) is 19.4 Å². The number of nitrogens with one attached hydrogen (secondary N) is 1. The highest BCUT2D eigenvalue weighted by Gasteiger charge is 2.14. The molecule has 0 fully saturated rings. The van der Waals surface area contributed by atoms with Crippen LogP contribution in [-0.2, 0) is 13.0 Å². The molecule has 0 spiro atoms. The van der Waals surface area contributed by atoms with E-state index in [1.54, 1.807) is 0 Å². The van der Waals surface area contributed by atoms with E-state index in [9.17, 15) is 4.79 Å². The van der Waals surface area contributed by atoms with Crippen molar-refractivity contribution < 1.29 is 4.79 Å². The summed E-state index contributed by atoms with van der Waals surface area (Å²) >= 11 is 14.2. The SMILES string of the molecule is O=C(NCCCc1nc2ccccc2n1Cc1c(Cl)cccc1Cl)c1cccs1. The number of aryl methyl sites for hydroxylation is 1. The standard InChI is InChI=1S/C22H19Cl2N3OS/c23-16-6-3-7-17(24)15(16)14-27-19-9-2-1-8-18(19)26-21(27)11-4-12-25-22(28)20-10-5-13-29-20/h1-3,5-10,13H,4,11-12,14H2,(H,25,28). The number of carbonyl (C=O) groups excluding carboxylic acids is 1. The van der Waals surface area contributed by atoms with Crippen LogP contribution in [0, 0.1) is 0 Å². The molecule has 2 heterocycles. The summed E-state index contributed by atoms with van der Waals surface area (Å²) in [4.78, 5) is 17.6. The van der Waals surface area contributed by atoms with E-state index in [2.05, 4.69) is 16.0 Å². The maximum Gasteiger partial charge on any atom is 0.261 e. The van der Waals surface area contributed by atoms with Crippen LogP contribution in [0.3, 0.4) is 0 Å². The Balaban J connectivity index is 1.51. The molecular weight excluding hydrogens is 425 g/mol. The van der Waals surface area contributed by atoms with Crippen molar-refractivity contribution >= 4 is 51.5 Å². The number of para-hydroxylation sites is 2. The highest BCUT2D eigenvalue weighted by atomic mass is 35.5. The summed E-state index contributed by atoms with van der Waals surface area (Å²) in [7, 11) is 0. The lowest BCUT2D eigenvalue weighted by Gasteiger charge is -2.12. The smallest absolute Gasteiger partial charge is 0.261 e. The molecule has 29 heavy (non-hydrogen) atoms. The number of imidazole rings is 1. The molecule has 4 rings (SSSR count). The zero-order valence-corrected chi connectivity index (χ0v) is 17.9. The van der Waals surface area contributed by atoms with Gasteiger partial charge in [0, 0.05) is 28.6 Å². The second kappa shape index (κ2) is 8.99. The third-order valence-corrected chi connectivity index (χ3v) is 6.30. The minimum atomic E-state index is -0.0312. The highest BCUT2D eigenvalue weighted by molar-refractivity contribution is 7.12. The van der Waals surface area contributed by atoms with Gasteiger partial charge in [-0.3, -0.25) is 4.79 Å². The van der Waals surface area contributed by atoms with Gasteiger partial charge in [0.2, 0.25) is 0 Å². The van der Waals surface area contributed by atoms with Gasteiger partial charge in [-0.05, 0) is 42.1 Å². The van der Waals surface area contributed by atoms with Crippen molar-refractivity contribution in [3.63, 3.8) is 0 Å².